The molecular weight excluding hydrogens is 239 g/mol. The molecule has 0 aromatic heterocycles. The van der Waals surface area contributed by atoms with E-state index in [1.807, 2.05) is 19.1 Å². The third kappa shape index (κ3) is 2.12. The summed E-state index contributed by atoms with van der Waals surface area (Å²) in [6.07, 6.45) is 0. The van der Waals surface area contributed by atoms with Crippen molar-refractivity contribution in [2.45, 2.75) is 13.8 Å². The standard InChI is InChI=1S/C8H11BrN2.ClH/c1-5-6(2)8(11-10)4-3-7(5)9;/h3-4,11H,10H2,1-2H3;1H. The Morgan fingerprint density at radius 2 is 1.83 bits per heavy atom. The molecule has 0 saturated carbocycles. The summed E-state index contributed by atoms with van der Waals surface area (Å²) in [7, 11) is 0. The molecule has 4 heteroatoms. The molecule has 0 spiro atoms. The molecule has 0 saturated heterocycles. The van der Waals surface area contributed by atoms with Crippen LogP contribution in [-0.2, 0) is 0 Å². The Bertz CT molecular complexity index is 276. The monoisotopic (exact) mass is 250 g/mol. The molecule has 0 aliphatic carbocycles. The van der Waals surface area contributed by atoms with E-state index in [1.54, 1.807) is 0 Å². The quantitative estimate of drug-likeness (QED) is 0.595. The van der Waals surface area contributed by atoms with Crippen molar-refractivity contribution in [2.24, 2.45) is 5.84 Å². The zero-order valence-electron chi connectivity index (χ0n) is 7.02. The minimum Gasteiger partial charge on any atom is -0.324 e. The first-order valence-electron chi connectivity index (χ1n) is 3.39. The van der Waals surface area contributed by atoms with Crippen LogP contribution in [0.4, 0.5) is 5.69 Å². The lowest BCUT2D eigenvalue weighted by molar-refractivity contribution is 1.26. The van der Waals surface area contributed by atoms with Crippen molar-refractivity contribution in [3.63, 3.8) is 0 Å². The summed E-state index contributed by atoms with van der Waals surface area (Å²) < 4.78 is 1.12. The van der Waals surface area contributed by atoms with Gasteiger partial charge in [-0.1, -0.05) is 15.9 Å². The van der Waals surface area contributed by atoms with E-state index in [0.717, 1.165) is 10.2 Å². The van der Waals surface area contributed by atoms with Gasteiger partial charge in [-0.2, -0.15) is 0 Å². The minimum absolute atomic E-state index is 0. The number of benzene rings is 1. The van der Waals surface area contributed by atoms with Gasteiger partial charge in [0.1, 0.15) is 0 Å². The molecule has 0 amide bonds. The van der Waals surface area contributed by atoms with Crippen molar-refractivity contribution in [3.8, 4) is 0 Å². The van der Waals surface area contributed by atoms with E-state index >= 15 is 0 Å². The average Bonchev–Trinajstić information content (AvgIpc) is 2.01. The highest BCUT2D eigenvalue weighted by Gasteiger charge is 2.01. The van der Waals surface area contributed by atoms with E-state index in [4.69, 9.17) is 5.84 Å². The number of nitrogen functional groups attached to an aromatic ring is 1. The van der Waals surface area contributed by atoms with Crippen LogP contribution in [0.5, 0.6) is 0 Å². The molecule has 0 aliphatic heterocycles. The van der Waals surface area contributed by atoms with Gasteiger partial charge in [0.25, 0.3) is 0 Å². The number of halogens is 2. The maximum Gasteiger partial charge on any atom is 0.0517 e. The molecule has 1 rings (SSSR count). The molecule has 1 aromatic carbocycles. The zero-order valence-corrected chi connectivity index (χ0v) is 9.42. The van der Waals surface area contributed by atoms with Gasteiger partial charge in [0.05, 0.1) is 5.69 Å². The third-order valence-corrected chi connectivity index (χ3v) is 2.74. The van der Waals surface area contributed by atoms with Gasteiger partial charge >= 0.3 is 0 Å². The van der Waals surface area contributed by atoms with Crippen LogP contribution in [0.1, 0.15) is 11.1 Å². The topological polar surface area (TPSA) is 38.0 Å². The molecular formula is C8H12BrClN2. The number of anilines is 1. The molecule has 0 bridgehead atoms. The van der Waals surface area contributed by atoms with Crippen molar-refractivity contribution in [1.29, 1.82) is 0 Å². The largest absolute Gasteiger partial charge is 0.324 e. The highest BCUT2D eigenvalue weighted by atomic mass is 79.9. The zero-order chi connectivity index (χ0) is 8.43. The molecule has 0 unspecified atom stereocenters. The number of rotatable bonds is 1. The predicted octanol–water partition coefficient (Wildman–Crippen LogP) is 2.77. The van der Waals surface area contributed by atoms with E-state index in [1.165, 1.54) is 11.1 Å². The molecule has 0 heterocycles. The number of hydrogen-bond acceptors (Lipinski definition) is 2. The molecule has 1 aromatic rings. The first-order chi connectivity index (χ1) is 5.16. The van der Waals surface area contributed by atoms with E-state index in [2.05, 4.69) is 28.3 Å². The van der Waals surface area contributed by atoms with E-state index < -0.39 is 0 Å². The molecule has 12 heavy (non-hydrogen) atoms. The van der Waals surface area contributed by atoms with Gasteiger partial charge in [0.2, 0.25) is 0 Å². The van der Waals surface area contributed by atoms with Crippen LogP contribution < -0.4 is 11.3 Å². The van der Waals surface area contributed by atoms with Gasteiger partial charge in [0, 0.05) is 4.47 Å². The summed E-state index contributed by atoms with van der Waals surface area (Å²) in [4.78, 5) is 0. The summed E-state index contributed by atoms with van der Waals surface area (Å²) in [6.45, 7) is 4.09. The summed E-state index contributed by atoms with van der Waals surface area (Å²) in [6, 6.07) is 3.93. The fraction of sp³-hybridized carbons (Fsp3) is 0.250. The van der Waals surface area contributed by atoms with E-state index in [9.17, 15) is 0 Å². The molecule has 0 radical (unpaired) electrons. The van der Waals surface area contributed by atoms with Crippen LogP contribution in [0.25, 0.3) is 0 Å². The summed E-state index contributed by atoms with van der Waals surface area (Å²) in [5.74, 6) is 5.30. The Kier molecular flexibility index (Phi) is 4.60. The van der Waals surface area contributed by atoms with Crippen molar-refractivity contribution >= 4 is 34.0 Å². The Morgan fingerprint density at radius 3 is 2.33 bits per heavy atom. The Labute approximate surface area is 87.0 Å². The van der Waals surface area contributed by atoms with Crippen molar-refractivity contribution in [1.82, 2.24) is 0 Å². The summed E-state index contributed by atoms with van der Waals surface area (Å²) in [5.41, 5.74) is 6.02. The highest BCUT2D eigenvalue weighted by Crippen LogP contribution is 2.24. The smallest absolute Gasteiger partial charge is 0.0517 e. The summed E-state index contributed by atoms with van der Waals surface area (Å²) in [5, 5.41) is 0. The van der Waals surface area contributed by atoms with Gasteiger partial charge in [-0.15, -0.1) is 12.4 Å². The second-order valence-electron chi connectivity index (χ2n) is 2.49. The van der Waals surface area contributed by atoms with Crippen molar-refractivity contribution in [3.05, 3.63) is 27.7 Å². The fourth-order valence-electron chi connectivity index (χ4n) is 0.944. The van der Waals surface area contributed by atoms with Gasteiger partial charge < -0.3 is 5.43 Å². The maximum absolute atomic E-state index is 5.30. The van der Waals surface area contributed by atoms with Crippen molar-refractivity contribution < 1.29 is 0 Å². The van der Waals surface area contributed by atoms with Crippen LogP contribution in [-0.4, -0.2) is 0 Å². The first-order valence-corrected chi connectivity index (χ1v) is 4.18. The lowest BCUT2D eigenvalue weighted by Crippen LogP contribution is -2.08. The van der Waals surface area contributed by atoms with Crippen LogP contribution in [0.3, 0.4) is 0 Å². The molecule has 0 atom stereocenters. The highest BCUT2D eigenvalue weighted by molar-refractivity contribution is 9.10. The molecule has 0 aliphatic rings. The lowest BCUT2D eigenvalue weighted by Gasteiger charge is -2.08. The molecule has 3 N–H and O–H groups in total. The van der Waals surface area contributed by atoms with Crippen LogP contribution >= 0.6 is 28.3 Å². The molecule has 2 nitrogen and oxygen atoms in total. The number of nitrogens with one attached hydrogen (secondary N) is 1. The Hall–Kier alpha value is -0.250. The van der Waals surface area contributed by atoms with Crippen LogP contribution in [0.15, 0.2) is 16.6 Å². The molecule has 68 valence electrons. The second kappa shape index (κ2) is 4.70. The second-order valence-corrected chi connectivity index (χ2v) is 3.34. The van der Waals surface area contributed by atoms with Gasteiger partial charge in [-0.05, 0) is 37.1 Å². The average molecular weight is 252 g/mol. The van der Waals surface area contributed by atoms with Gasteiger partial charge in [-0.25, -0.2) is 0 Å². The number of hydrogen-bond donors (Lipinski definition) is 2. The first kappa shape index (κ1) is 11.8. The van der Waals surface area contributed by atoms with Gasteiger partial charge in [-0.3, -0.25) is 5.84 Å². The van der Waals surface area contributed by atoms with Crippen molar-refractivity contribution in [2.75, 3.05) is 5.43 Å². The van der Waals surface area contributed by atoms with Gasteiger partial charge in [0.15, 0.2) is 0 Å². The lowest BCUT2D eigenvalue weighted by atomic mass is 10.1. The molecule has 0 fully saturated rings. The normalized spacial score (nSPS) is 9.00. The van der Waals surface area contributed by atoms with E-state index in [-0.39, 0.29) is 12.4 Å². The SMILES string of the molecule is Cc1c(Br)ccc(NN)c1C.Cl. The number of hydrazine groups is 1. The number of nitrogens with two attached hydrogens (primary N) is 1. The van der Waals surface area contributed by atoms with Crippen LogP contribution in [0.2, 0.25) is 0 Å². The predicted molar refractivity (Wildman–Crippen MR) is 58.7 cm³/mol. The minimum atomic E-state index is 0. The van der Waals surface area contributed by atoms with Crippen LogP contribution in [0, 0.1) is 13.8 Å². The fourth-order valence-corrected chi connectivity index (χ4v) is 1.37. The maximum atomic E-state index is 5.30. The Morgan fingerprint density at radius 1 is 1.25 bits per heavy atom. The Balaban J connectivity index is 0.00000121. The van der Waals surface area contributed by atoms with E-state index in [0.29, 0.717) is 0 Å². The third-order valence-electron chi connectivity index (χ3n) is 1.88. The summed E-state index contributed by atoms with van der Waals surface area (Å²) >= 11 is 3.44.